The topological polar surface area (TPSA) is 21.3 Å². The van der Waals surface area contributed by atoms with Gasteiger partial charge in [0.05, 0.1) is 0 Å². The Kier molecular flexibility index (Phi) is 8.72. The first-order valence-corrected chi connectivity index (χ1v) is 5.34. The van der Waals surface area contributed by atoms with Gasteiger partial charge in [-0.05, 0) is 32.2 Å². The minimum Gasteiger partial charge on any atom is -0.384 e. The number of rotatable bonds is 8. The van der Waals surface area contributed by atoms with Crippen molar-refractivity contribution in [3.05, 3.63) is 0 Å². The van der Waals surface area contributed by atoms with Crippen LogP contribution in [0.15, 0.2) is 0 Å². The van der Waals surface area contributed by atoms with Crippen molar-refractivity contribution in [3.8, 4) is 12.3 Å². The molecule has 0 aliphatic carbocycles. The molecule has 2 atom stereocenters. The molecule has 0 radical (unpaired) electrons. The Hall–Kier alpha value is -0.520. The predicted octanol–water partition coefficient (Wildman–Crippen LogP) is 2.05. The van der Waals surface area contributed by atoms with Gasteiger partial charge in [-0.15, -0.1) is 12.3 Å². The van der Waals surface area contributed by atoms with Gasteiger partial charge in [0, 0.05) is 26.2 Å². The highest BCUT2D eigenvalue weighted by Gasteiger charge is 2.10. The Balaban J connectivity index is 3.62. The van der Waals surface area contributed by atoms with Crippen molar-refractivity contribution in [2.45, 2.75) is 38.6 Å². The molecule has 0 saturated heterocycles. The summed E-state index contributed by atoms with van der Waals surface area (Å²) in [5.41, 5.74) is 0. The highest BCUT2D eigenvalue weighted by atomic mass is 16.5. The SMILES string of the molecule is C#CCCCC(CC(C)COC)NC. The van der Waals surface area contributed by atoms with Crippen LogP contribution in [0.4, 0.5) is 0 Å². The lowest BCUT2D eigenvalue weighted by molar-refractivity contribution is 0.149. The second kappa shape index (κ2) is 9.05. The van der Waals surface area contributed by atoms with Crippen LogP contribution in [0.2, 0.25) is 0 Å². The maximum Gasteiger partial charge on any atom is 0.0488 e. The van der Waals surface area contributed by atoms with Gasteiger partial charge in [0.2, 0.25) is 0 Å². The van der Waals surface area contributed by atoms with Gasteiger partial charge >= 0.3 is 0 Å². The number of terminal acetylenes is 1. The zero-order valence-corrected chi connectivity index (χ0v) is 9.68. The van der Waals surface area contributed by atoms with E-state index in [1.807, 2.05) is 7.05 Å². The Morgan fingerprint density at radius 1 is 1.50 bits per heavy atom. The second-order valence-electron chi connectivity index (χ2n) is 3.88. The van der Waals surface area contributed by atoms with E-state index in [4.69, 9.17) is 11.2 Å². The normalized spacial score (nSPS) is 14.7. The monoisotopic (exact) mass is 197 g/mol. The van der Waals surface area contributed by atoms with Gasteiger partial charge in [0.1, 0.15) is 0 Å². The van der Waals surface area contributed by atoms with Gasteiger partial charge in [-0.3, -0.25) is 0 Å². The zero-order chi connectivity index (χ0) is 10.8. The molecular weight excluding hydrogens is 174 g/mol. The van der Waals surface area contributed by atoms with Crippen molar-refractivity contribution >= 4 is 0 Å². The quantitative estimate of drug-likeness (QED) is 0.475. The molecule has 0 rings (SSSR count). The van der Waals surface area contributed by atoms with Crippen LogP contribution in [0.1, 0.15) is 32.6 Å². The molecule has 0 aliphatic rings. The van der Waals surface area contributed by atoms with Crippen LogP contribution in [0.25, 0.3) is 0 Å². The van der Waals surface area contributed by atoms with Crippen molar-refractivity contribution in [2.24, 2.45) is 5.92 Å². The average molecular weight is 197 g/mol. The fourth-order valence-electron chi connectivity index (χ4n) is 1.67. The minimum absolute atomic E-state index is 0.577. The van der Waals surface area contributed by atoms with Crippen LogP contribution >= 0.6 is 0 Å². The largest absolute Gasteiger partial charge is 0.384 e. The van der Waals surface area contributed by atoms with Gasteiger partial charge < -0.3 is 10.1 Å². The van der Waals surface area contributed by atoms with E-state index in [1.54, 1.807) is 7.11 Å². The van der Waals surface area contributed by atoms with E-state index >= 15 is 0 Å². The third-order valence-electron chi connectivity index (χ3n) is 2.42. The van der Waals surface area contributed by atoms with Crippen molar-refractivity contribution < 1.29 is 4.74 Å². The number of hydrogen-bond acceptors (Lipinski definition) is 2. The molecule has 2 nitrogen and oxygen atoms in total. The summed E-state index contributed by atoms with van der Waals surface area (Å²) in [6.45, 7) is 3.06. The summed E-state index contributed by atoms with van der Waals surface area (Å²) >= 11 is 0. The van der Waals surface area contributed by atoms with Crippen molar-refractivity contribution in [3.63, 3.8) is 0 Å². The number of unbranched alkanes of at least 4 members (excludes halogenated alkanes) is 1. The summed E-state index contributed by atoms with van der Waals surface area (Å²) in [6, 6.07) is 0.577. The maximum atomic E-state index is 5.21. The van der Waals surface area contributed by atoms with E-state index in [0.29, 0.717) is 12.0 Å². The minimum atomic E-state index is 0.577. The van der Waals surface area contributed by atoms with Gasteiger partial charge in [-0.2, -0.15) is 0 Å². The molecule has 2 unspecified atom stereocenters. The molecule has 0 aromatic heterocycles. The van der Waals surface area contributed by atoms with Crippen molar-refractivity contribution in [1.29, 1.82) is 0 Å². The fourth-order valence-corrected chi connectivity index (χ4v) is 1.67. The molecule has 1 N–H and O–H groups in total. The number of ether oxygens (including phenoxy) is 1. The zero-order valence-electron chi connectivity index (χ0n) is 9.68. The molecule has 0 amide bonds. The van der Waals surface area contributed by atoms with Crippen LogP contribution in [-0.4, -0.2) is 26.8 Å². The second-order valence-corrected chi connectivity index (χ2v) is 3.88. The first-order chi connectivity index (χ1) is 6.74. The molecule has 0 aromatic rings. The fraction of sp³-hybridized carbons (Fsp3) is 0.833. The number of methoxy groups -OCH3 is 1. The molecule has 82 valence electrons. The number of hydrogen-bond donors (Lipinski definition) is 1. The summed E-state index contributed by atoms with van der Waals surface area (Å²) in [4.78, 5) is 0. The maximum absolute atomic E-state index is 5.21. The Morgan fingerprint density at radius 3 is 2.71 bits per heavy atom. The summed E-state index contributed by atoms with van der Waals surface area (Å²) in [5, 5.41) is 3.33. The third kappa shape index (κ3) is 6.94. The average Bonchev–Trinajstić information content (AvgIpc) is 2.17. The molecule has 0 saturated carbocycles. The van der Waals surface area contributed by atoms with Crippen LogP contribution in [0.3, 0.4) is 0 Å². The first-order valence-electron chi connectivity index (χ1n) is 5.34. The lowest BCUT2D eigenvalue weighted by Crippen LogP contribution is -2.28. The van der Waals surface area contributed by atoms with Gasteiger partial charge in [0.25, 0.3) is 0 Å². The summed E-state index contributed by atoms with van der Waals surface area (Å²) in [5.74, 6) is 3.29. The Bertz CT molecular complexity index is 162. The van der Waals surface area contributed by atoms with E-state index in [-0.39, 0.29) is 0 Å². The number of nitrogens with one attached hydrogen (secondary N) is 1. The van der Waals surface area contributed by atoms with Crippen LogP contribution in [-0.2, 0) is 4.74 Å². The molecule has 0 aliphatic heterocycles. The molecule has 0 aromatic carbocycles. The Labute approximate surface area is 88.4 Å². The molecule has 2 heteroatoms. The summed E-state index contributed by atoms with van der Waals surface area (Å²) in [6.07, 6.45) is 9.54. The smallest absolute Gasteiger partial charge is 0.0488 e. The molecule has 0 bridgehead atoms. The Morgan fingerprint density at radius 2 is 2.21 bits per heavy atom. The third-order valence-corrected chi connectivity index (χ3v) is 2.42. The molecular formula is C12H23NO. The lowest BCUT2D eigenvalue weighted by Gasteiger charge is -2.19. The van der Waals surface area contributed by atoms with Crippen LogP contribution in [0.5, 0.6) is 0 Å². The molecule has 0 fully saturated rings. The highest BCUT2D eigenvalue weighted by molar-refractivity contribution is 4.83. The van der Waals surface area contributed by atoms with Crippen LogP contribution in [0, 0.1) is 18.3 Å². The summed E-state index contributed by atoms with van der Waals surface area (Å²) < 4.78 is 5.11. The van der Waals surface area contributed by atoms with E-state index in [1.165, 1.54) is 0 Å². The summed E-state index contributed by atoms with van der Waals surface area (Å²) in [7, 11) is 3.77. The highest BCUT2D eigenvalue weighted by Crippen LogP contribution is 2.11. The van der Waals surface area contributed by atoms with E-state index < -0.39 is 0 Å². The van der Waals surface area contributed by atoms with E-state index in [2.05, 4.69) is 18.2 Å². The van der Waals surface area contributed by atoms with Gasteiger partial charge in [-0.1, -0.05) is 6.92 Å². The van der Waals surface area contributed by atoms with E-state index in [9.17, 15) is 0 Å². The standard InChI is InChI=1S/C12H23NO/c1-5-6-7-8-12(13-3)9-11(2)10-14-4/h1,11-13H,6-10H2,2-4H3. The predicted molar refractivity (Wildman–Crippen MR) is 61.2 cm³/mol. The van der Waals surface area contributed by atoms with Crippen molar-refractivity contribution in [1.82, 2.24) is 5.32 Å². The molecule has 0 spiro atoms. The van der Waals surface area contributed by atoms with Crippen LogP contribution < -0.4 is 5.32 Å². The van der Waals surface area contributed by atoms with Crippen molar-refractivity contribution in [2.75, 3.05) is 20.8 Å². The lowest BCUT2D eigenvalue weighted by atomic mass is 9.98. The van der Waals surface area contributed by atoms with Gasteiger partial charge in [-0.25, -0.2) is 0 Å². The molecule has 14 heavy (non-hydrogen) atoms. The first kappa shape index (κ1) is 13.5. The van der Waals surface area contributed by atoms with Gasteiger partial charge in [0.15, 0.2) is 0 Å². The van der Waals surface area contributed by atoms with E-state index in [0.717, 1.165) is 32.3 Å². The molecule has 0 heterocycles.